The Balaban J connectivity index is 1.04. The normalized spacial score (nSPS) is 44.3. The van der Waals surface area contributed by atoms with Crippen LogP contribution in [0.5, 0.6) is 0 Å². The van der Waals surface area contributed by atoms with Crippen LogP contribution in [0.2, 0.25) is 0 Å². The van der Waals surface area contributed by atoms with Crippen molar-refractivity contribution in [2.24, 2.45) is 62.1 Å². The number of carbonyl (C=O) groups is 3. The fourth-order valence-corrected chi connectivity index (χ4v) is 15.8. The molecule has 282 valence electrons. The van der Waals surface area contributed by atoms with Gasteiger partial charge in [-0.05, 0) is 170 Å². The minimum atomic E-state index is -0.872. The Morgan fingerprint density at radius 3 is 2.23 bits per heavy atom. The van der Waals surface area contributed by atoms with Gasteiger partial charge in [-0.2, -0.15) is 0 Å². The monoisotopic (exact) mass is 708 g/mol. The first-order chi connectivity index (χ1) is 24.6. The zero-order valence-corrected chi connectivity index (χ0v) is 32.9. The molecule has 8 aliphatic rings. The molecule has 0 bridgehead atoms. The van der Waals surface area contributed by atoms with Crippen LogP contribution in [-0.4, -0.2) is 58.4 Å². The van der Waals surface area contributed by atoms with Gasteiger partial charge in [0.05, 0.1) is 17.5 Å². The van der Waals surface area contributed by atoms with Crippen LogP contribution in [0.15, 0.2) is 30.3 Å². The number of rotatable bonds is 4. The standard InChI is InChI=1S/C46H64N2O4/c1-41(2)32(29-10-12-30(13-11-29)39(50)51)16-19-43(4)35(41)18-20-45(6)36(43)15-14-34-38-33(42(3)22-23-42)17-21-46(38,25-24-44(34,45)5)40(52)47-27-31-9-7-8-26-48(31)37(49)28-47/h10-13,16,31,33-36,38H,7-9,14-15,17-28H2,1-6H3,(H,50,51)/t31-,33+,34+,35?,36?,38?,43-,44+,45+,46-/m0/s1. The Morgan fingerprint density at radius 2 is 1.52 bits per heavy atom. The molecule has 5 saturated carbocycles. The molecule has 2 amide bonds. The second-order valence-electron chi connectivity index (χ2n) is 21.0. The number of piperidine rings is 1. The van der Waals surface area contributed by atoms with Crippen molar-refractivity contribution in [2.75, 3.05) is 19.6 Å². The SMILES string of the molecule is CC1(C)C(c2ccc(C(=O)O)cc2)=CC[C@@]2(C)C1CC[C@]1(C)C2CC[C@@H]2C3[C@H](C4(C)CC4)CC[C@]3(C(=O)N3CC(=O)N4CCCC[C@H]4C3)CC[C@]21C. The molecule has 0 radical (unpaired) electrons. The molecular formula is C46H64N2O4. The van der Waals surface area contributed by atoms with Crippen LogP contribution in [0.4, 0.5) is 0 Å². The minimum absolute atomic E-state index is 0.0120. The molecule has 3 unspecified atom stereocenters. The molecule has 2 aliphatic heterocycles. The van der Waals surface area contributed by atoms with E-state index in [1.165, 1.54) is 62.5 Å². The summed E-state index contributed by atoms with van der Waals surface area (Å²) < 4.78 is 0. The summed E-state index contributed by atoms with van der Waals surface area (Å²) >= 11 is 0. The summed E-state index contributed by atoms with van der Waals surface area (Å²) in [6.45, 7) is 17.4. The largest absolute Gasteiger partial charge is 0.478 e. The molecule has 6 aliphatic carbocycles. The third kappa shape index (κ3) is 4.63. The summed E-state index contributed by atoms with van der Waals surface area (Å²) in [6, 6.07) is 7.80. The summed E-state index contributed by atoms with van der Waals surface area (Å²) in [7, 11) is 0. The van der Waals surface area contributed by atoms with Gasteiger partial charge in [-0.1, -0.05) is 59.8 Å². The third-order valence-electron chi connectivity index (χ3n) is 18.8. The Kier molecular flexibility index (Phi) is 7.73. The number of allylic oxidation sites excluding steroid dienone is 2. The molecule has 2 heterocycles. The van der Waals surface area contributed by atoms with Crippen LogP contribution in [0.25, 0.3) is 5.57 Å². The van der Waals surface area contributed by atoms with E-state index >= 15 is 4.79 Å². The van der Waals surface area contributed by atoms with Gasteiger partial charge in [0.25, 0.3) is 0 Å². The molecule has 2 saturated heterocycles. The lowest BCUT2D eigenvalue weighted by atomic mass is 9.32. The van der Waals surface area contributed by atoms with Gasteiger partial charge in [-0.15, -0.1) is 0 Å². The quantitative estimate of drug-likeness (QED) is 0.338. The van der Waals surface area contributed by atoms with Gasteiger partial charge in [0.2, 0.25) is 11.8 Å². The van der Waals surface area contributed by atoms with Gasteiger partial charge in [0, 0.05) is 19.1 Å². The summed E-state index contributed by atoms with van der Waals surface area (Å²) in [6.07, 6.45) is 18.8. The first kappa shape index (κ1) is 35.1. The Bertz CT molecular complexity index is 1710. The van der Waals surface area contributed by atoms with E-state index in [4.69, 9.17) is 0 Å². The van der Waals surface area contributed by atoms with E-state index in [9.17, 15) is 14.7 Å². The number of fused-ring (bicyclic) bond motifs is 8. The number of carbonyl (C=O) groups excluding carboxylic acids is 2. The number of hydrogen-bond acceptors (Lipinski definition) is 3. The molecule has 9 rings (SSSR count). The lowest BCUT2D eigenvalue weighted by Gasteiger charge is -2.72. The van der Waals surface area contributed by atoms with Crippen LogP contribution < -0.4 is 0 Å². The Hall–Kier alpha value is -2.63. The number of piperazine rings is 1. The van der Waals surface area contributed by atoms with Gasteiger partial charge >= 0.3 is 5.97 Å². The van der Waals surface area contributed by atoms with Gasteiger partial charge in [-0.25, -0.2) is 4.79 Å². The summed E-state index contributed by atoms with van der Waals surface area (Å²) in [5.74, 6) is 2.46. The number of carboxylic acids is 1. The lowest BCUT2D eigenvalue weighted by Crippen LogP contribution is -2.67. The highest BCUT2D eigenvalue weighted by Crippen LogP contribution is 2.79. The maximum absolute atomic E-state index is 15.2. The summed E-state index contributed by atoms with van der Waals surface area (Å²) in [5, 5.41) is 9.52. The third-order valence-corrected chi connectivity index (χ3v) is 18.8. The fourth-order valence-electron chi connectivity index (χ4n) is 15.8. The van der Waals surface area contributed by atoms with Crippen LogP contribution in [0.3, 0.4) is 0 Å². The van der Waals surface area contributed by atoms with Crippen LogP contribution in [0, 0.1) is 62.1 Å². The number of amides is 2. The van der Waals surface area contributed by atoms with Crippen molar-refractivity contribution in [2.45, 2.75) is 137 Å². The molecule has 10 atom stereocenters. The van der Waals surface area contributed by atoms with Gasteiger partial charge < -0.3 is 14.9 Å². The molecule has 1 aromatic rings. The van der Waals surface area contributed by atoms with E-state index in [-0.39, 0.29) is 39.0 Å². The number of benzene rings is 1. The van der Waals surface area contributed by atoms with Crippen molar-refractivity contribution in [1.82, 2.24) is 9.80 Å². The van der Waals surface area contributed by atoms with Gasteiger partial charge in [0.15, 0.2) is 0 Å². The van der Waals surface area contributed by atoms with Gasteiger partial charge in [-0.3, -0.25) is 9.59 Å². The van der Waals surface area contributed by atoms with Crippen LogP contribution in [-0.2, 0) is 9.59 Å². The molecule has 7 fully saturated rings. The molecule has 6 heteroatoms. The number of hydrogen-bond donors (Lipinski definition) is 1. The lowest BCUT2D eigenvalue weighted by molar-refractivity contribution is -0.229. The van der Waals surface area contributed by atoms with Gasteiger partial charge in [0.1, 0.15) is 0 Å². The van der Waals surface area contributed by atoms with E-state index in [0.717, 1.165) is 51.6 Å². The zero-order valence-electron chi connectivity index (χ0n) is 32.9. The highest BCUT2D eigenvalue weighted by Gasteiger charge is 2.73. The highest BCUT2D eigenvalue weighted by molar-refractivity contribution is 5.90. The van der Waals surface area contributed by atoms with Crippen molar-refractivity contribution < 1.29 is 19.5 Å². The predicted octanol–water partition coefficient (Wildman–Crippen LogP) is 9.48. The van der Waals surface area contributed by atoms with Crippen LogP contribution >= 0.6 is 0 Å². The first-order valence-electron chi connectivity index (χ1n) is 21.2. The molecule has 0 spiro atoms. The average molecular weight is 709 g/mol. The minimum Gasteiger partial charge on any atom is -0.478 e. The number of nitrogens with zero attached hydrogens (tertiary/aromatic N) is 2. The van der Waals surface area contributed by atoms with Crippen LogP contribution in [0.1, 0.15) is 147 Å². The average Bonchev–Trinajstić information content (AvgIpc) is 3.73. The summed E-state index contributed by atoms with van der Waals surface area (Å²) in [5.41, 5.74) is 3.55. The topological polar surface area (TPSA) is 77.9 Å². The van der Waals surface area contributed by atoms with E-state index in [0.29, 0.717) is 53.0 Å². The first-order valence-corrected chi connectivity index (χ1v) is 21.2. The number of aromatic carboxylic acids is 1. The maximum Gasteiger partial charge on any atom is 0.335 e. The van der Waals surface area contributed by atoms with Crippen molar-refractivity contribution in [1.29, 1.82) is 0 Å². The second kappa shape index (κ2) is 11.4. The van der Waals surface area contributed by atoms with E-state index < -0.39 is 5.97 Å². The van der Waals surface area contributed by atoms with E-state index in [1.54, 1.807) is 12.1 Å². The van der Waals surface area contributed by atoms with Crippen molar-refractivity contribution >= 4 is 23.4 Å². The fraction of sp³-hybridized carbons (Fsp3) is 0.761. The Morgan fingerprint density at radius 1 is 0.769 bits per heavy atom. The number of carboxylic acid groups (broad SMARTS) is 1. The van der Waals surface area contributed by atoms with Crippen molar-refractivity contribution in [3.05, 3.63) is 41.5 Å². The van der Waals surface area contributed by atoms with Crippen molar-refractivity contribution in [3.8, 4) is 0 Å². The molecule has 1 N–H and O–H groups in total. The predicted molar refractivity (Wildman–Crippen MR) is 204 cm³/mol. The van der Waals surface area contributed by atoms with E-state index in [1.807, 2.05) is 12.1 Å². The smallest absolute Gasteiger partial charge is 0.335 e. The Labute approximate surface area is 312 Å². The molecule has 52 heavy (non-hydrogen) atoms. The highest BCUT2D eigenvalue weighted by atomic mass is 16.4. The molecule has 0 aromatic heterocycles. The molecule has 6 nitrogen and oxygen atoms in total. The molecule has 1 aromatic carbocycles. The molecular weight excluding hydrogens is 645 g/mol. The zero-order chi connectivity index (χ0) is 36.6. The summed E-state index contributed by atoms with van der Waals surface area (Å²) in [4.78, 5) is 44.5. The van der Waals surface area contributed by atoms with Crippen molar-refractivity contribution in [3.63, 3.8) is 0 Å². The van der Waals surface area contributed by atoms with E-state index in [2.05, 4.69) is 57.4 Å². The second-order valence-corrected chi connectivity index (χ2v) is 21.0. The maximum atomic E-state index is 15.2.